The lowest BCUT2D eigenvalue weighted by atomic mass is 10.1. The Morgan fingerprint density at radius 1 is 1.16 bits per heavy atom. The zero-order valence-electron chi connectivity index (χ0n) is 12.1. The van der Waals surface area contributed by atoms with Crippen LogP contribution in [0.15, 0.2) is 30.3 Å². The highest BCUT2D eigenvalue weighted by Gasteiger charge is 2.27. The molecule has 104 valence electrons. The predicted molar refractivity (Wildman–Crippen MR) is 74.2 cm³/mol. The third-order valence-corrected chi connectivity index (χ3v) is 2.70. The number of Topliss-reactive ketones (excluding diaryl/α,β-unsaturated/α-hetero) is 1. The number of ether oxygens (including phenoxy) is 1. The van der Waals surface area contributed by atoms with Crippen LogP contribution in [0, 0.1) is 0 Å². The molecule has 0 saturated carbocycles. The minimum absolute atomic E-state index is 0.103. The van der Waals surface area contributed by atoms with E-state index in [-0.39, 0.29) is 5.78 Å². The van der Waals surface area contributed by atoms with Gasteiger partial charge in [-0.3, -0.25) is 4.79 Å². The molecule has 0 N–H and O–H groups in total. The van der Waals surface area contributed by atoms with Gasteiger partial charge in [-0.05, 0) is 27.7 Å². The highest BCUT2D eigenvalue weighted by atomic mass is 16.6. The molecule has 1 amide bonds. The van der Waals surface area contributed by atoms with Crippen LogP contribution < -0.4 is 0 Å². The van der Waals surface area contributed by atoms with Crippen LogP contribution in [0.3, 0.4) is 0 Å². The van der Waals surface area contributed by atoms with Crippen molar-refractivity contribution < 1.29 is 14.3 Å². The Hall–Kier alpha value is -1.84. The van der Waals surface area contributed by atoms with Crippen LogP contribution in [-0.4, -0.2) is 35.5 Å². The molecule has 0 aromatic heterocycles. The summed E-state index contributed by atoms with van der Waals surface area (Å²) in [4.78, 5) is 25.4. The van der Waals surface area contributed by atoms with E-state index in [1.54, 1.807) is 59.0 Å². The molecule has 0 aliphatic carbocycles. The second-order valence-electron chi connectivity index (χ2n) is 5.50. The van der Waals surface area contributed by atoms with Crippen molar-refractivity contribution in [3.8, 4) is 0 Å². The summed E-state index contributed by atoms with van der Waals surface area (Å²) in [6.45, 7) is 7.08. The first-order valence-electron chi connectivity index (χ1n) is 6.27. The molecule has 4 nitrogen and oxygen atoms in total. The number of carbonyl (C=O) groups excluding carboxylic acids is 2. The molecule has 0 fully saturated rings. The van der Waals surface area contributed by atoms with E-state index in [0.29, 0.717) is 5.56 Å². The van der Waals surface area contributed by atoms with Gasteiger partial charge in [-0.1, -0.05) is 30.3 Å². The van der Waals surface area contributed by atoms with E-state index >= 15 is 0 Å². The molecule has 0 bridgehead atoms. The van der Waals surface area contributed by atoms with E-state index < -0.39 is 17.7 Å². The van der Waals surface area contributed by atoms with Crippen LogP contribution in [0.1, 0.15) is 38.1 Å². The van der Waals surface area contributed by atoms with Gasteiger partial charge in [-0.2, -0.15) is 0 Å². The van der Waals surface area contributed by atoms with Crippen LogP contribution in [0.5, 0.6) is 0 Å². The summed E-state index contributed by atoms with van der Waals surface area (Å²) in [6, 6.07) is 8.36. The van der Waals surface area contributed by atoms with Crippen LogP contribution >= 0.6 is 0 Å². The fourth-order valence-corrected chi connectivity index (χ4v) is 1.51. The summed E-state index contributed by atoms with van der Waals surface area (Å²) in [5.74, 6) is -0.103. The number of amides is 1. The molecule has 0 spiro atoms. The fourth-order valence-electron chi connectivity index (χ4n) is 1.51. The van der Waals surface area contributed by atoms with Gasteiger partial charge in [0.15, 0.2) is 5.78 Å². The molecule has 19 heavy (non-hydrogen) atoms. The average molecular weight is 263 g/mol. The zero-order valence-corrected chi connectivity index (χ0v) is 12.1. The van der Waals surface area contributed by atoms with E-state index in [0.717, 1.165) is 0 Å². The van der Waals surface area contributed by atoms with Crippen molar-refractivity contribution in [1.82, 2.24) is 4.90 Å². The molecule has 0 aliphatic rings. The third kappa shape index (κ3) is 4.39. The van der Waals surface area contributed by atoms with Crippen molar-refractivity contribution in [2.45, 2.75) is 39.3 Å². The molecule has 4 heteroatoms. The molecule has 1 atom stereocenters. The Morgan fingerprint density at radius 3 is 2.16 bits per heavy atom. The lowest BCUT2D eigenvalue weighted by Gasteiger charge is -2.28. The molecule has 0 heterocycles. The van der Waals surface area contributed by atoms with Crippen molar-refractivity contribution in [2.75, 3.05) is 7.05 Å². The van der Waals surface area contributed by atoms with Gasteiger partial charge in [0.2, 0.25) is 0 Å². The van der Waals surface area contributed by atoms with Crippen molar-refractivity contribution in [3.05, 3.63) is 35.9 Å². The molecule has 1 aromatic rings. The second kappa shape index (κ2) is 5.87. The minimum atomic E-state index is -0.569. The standard InChI is InChI=1S/C15H21NO3/c1-11(13(17)12-9-7-6-8-10-12)16(5)14(18)19-15(2,3)4/h6-11H,1-5H3/t11-/m1/s1. The van der Waals surface area contributed by atoms with Gasteiger partial charge in [-0.25, -0.2) is 4.79 Å². The van der Waals surface area contributed by atoms with Gasteiger partial charge in [0.1, 0.15) is 5.60 Å². The smallest absolute Gasteiger partial charge is 0.410 e. The Morgan fingerprint density at radius 2 is 1.68 bits per heavy atom. The first kappa shape index (κ1) is 15.2. The third-order valence-electron chi connectivity index (χ3n) is 2.70. The van der Waals surface area contributed by atoms with Crippen LogP contribution in [0.4, 0.5) is 4.79 Å². The molecule has 1 aromatic carbocycles. The molecule has 0 unspecified atom stereocenters. The van der Waals surface area contributed by atoms with Gasteiger partial charge in [0, 0.05) is 12.6 Å². The monoisotopic (exact) mass is 263 g/mol. The first-order chi connectivity index (χ1) is 8.72. The summed E-state index contributed by atoms with van der Waals surface area (Å²) in [5, 5.41) is 0. The van der Waals surface area contributed by atoms with Crippen molar-refractivity contribution in [2.24, 2.45) is 0 Å². The topological polar surface area (TPSA) is 46.6 Å². The maximum absolute atomic E-state index is 12.2. The van der Waals surface area contributed by atoms with E-state index in [1.165, 1.54) is 4.90 Å². The Balaban J connectivity index is 2.75. The zero-order chi connectivity index (χ0) is 14.6. The molecule has 0 saturated heterocycles. The molecule has 0 radical (unpaired) electrons. The molecular formula is C15H21NO3. The number of hydrogen-bond donors (Lipinski definition) is 0. The molecule has 0 aliphatic heterocycles. The van der Waals surface area contributed by atoms with Crippen LogP contribution in [0.2, 0.25) is 0 Å². The highest BCUT2D eigenvalue weighted by Crippen LogP contribution is 2.13. The number of rotatable bonds is 3. The number of likely N-dealkylation sites (N-methyl/N-ethyl adjacent to an activating group) is 1. The molecule has 1 rings (SSSR count). The number of benzene rings is 1. The van der Waals surface area contributed by atoms with Crippen molar-refractivity contribution in [1.29, 1.82) is 0 Å². The van der Waals surface area contributed by atoms with Gasteiger partial charge < -0.3 is 9.64 Å². The minimum Gasteiger partial charge on any atom is -0.444 e. The number of ketones is 1. The van der Waals surface area contributed by atoms with Crippen molar-refractivity contribution >= 4 is 11.9 Å². The van der Waals surface area contributed by atoms with E-state index in [9.17, 15) is 9.59 Å². The second-order valence-corrected chi connectivity index (χ2v) is 5.50. The Bertz CT molecular complexity index is 448. The summed E-state index contributed by atoms with van der Waals surface area (Å²) in [7, 11) is 1.57. The quantitative estimate of drug-likeness (QED) is 0.787. The summed E-state index contributed by atoms with van der Waals surface area (Å²) < 4.78 is 5.24. The SMILES string of the molecule is C[C@H](C(=O)c1ccccc1)N(C)C(=O)OC(C)(C)C. The fraction of sp³-hybridized carbons (Fsp3) is 0.467. The summed E-state index contributed by atoms with van der Waals surface area (Å²) in [5.41, 5.74) is 0.0197. The average Bonchev–Trinajstić information content (AvgIpc) is 2.35. The van der Waals surface area contributed by atoms with E-state index in [1.807, 2.05) is 6.07 Å². The van der Waals surface area contributed by atoms with Crippen molar-refractivity contribution in [3.63, 3.8) is 0 Å². The summed E-state index contributed by atoms with van der Waals surface area (Å²) in [6.07, 6.45) is -0.496. The van der Waals surface area contributed by atoms with E-state index in [2.05, 4.69) is 0 Å². The predicted octanol–water partition coefficient (Wildman–Crippen LogP) is 3.12. The summed E-state index contributed by atoms with van der Waals surface area (Å²) >= 11 is 0. The van der Waals surface area contributed by atoms with Gasteiger partial charge in [0.05, 0.1) is 6.04 Å². The highest BCUT2D eigenvalue weighted by molar-refractivity contribution is 6.01. The largest absolute Gasteiger partial charge is 0.444 e. The lowest BCUT2D eigenvalue weighted by Crippen LogP contribution is -2.43. The van der Waals surface area contributed by atoms with Gasteiger partial charge in [-0.15, -0.1) is 0 Å². The maximum Gasteiger partial charge on any atom is 0.410 e. The van der Waals surface area contributed by atoms with Crippen LogP contribution in [-0.2, 0) is 4.74 Å². The van der Waals surface area contributed by atoms with Gasteiger partial charge >= 0.3 is 6.09 Å². The maximum atomic E-state index is 12.2. The lowest BCUT2D eigenvalue weighted by molar-refractivity contribution is 0.0231. The first-order valence-corrected chi connectivity index (χ1v) is 6.27. The van der Waals surface area contributed by atoms with Gasteiger partial charge in [0.25, 0.3) is 0 Å². The Labute approximate surface area is 114 Å². The Kier molecular flexibility index (Phi) is 4.70. The normalized spacial score (nSPS) is 12.7. The number of carbonyl (C=O) groups is 2. The number of hydrogen-bond acceptors (Lipinski definition) is 3. The van der Waals surface area contributed by atoms with E-state index in [4.69, 9.17) is 4.74 Å². The molecular weight excluding hydrogens is 242 g/mol. The number of nitrogens with zero attached hydrogens (tertiary/aromatic N) is 1. The van der Waals surface area contributed by atoms with Crippen LogP contribution in [0.25, 0.3) is 0 Å².